The van der Waals surface area contributed by atoms with Crippen LogP contribution in [0.1, 0.15) is 0 Å². The summed E-state index contributed by atoms with van der Waals surface area (Å²) in [5.41, 5.74) is 0. The second-order valence-corrected chi connectivity index (χ2v) is 2.23. The highest BCUT2D eigenvalue weighted by Gasteiger charge is 2.06. The van der Waals surface area contributed by atoms with E-state index in [0.717, 1.165) is 0 Å². The van der Waals surface area contributed by atoms with Gasteiger partial charge in [0.1, 0.15) is 0 Å². The van der Waals surface area contributed by atoms with Gasteiger partial charge >= 0.3 is 16.5 Å². The van der Waals surface area contributed by atoms with Crippen molar-refractivity contribution < 1.29 is 28.0 Å². The van der Waals surface area contributed by atoms with Crippen LogP contribution in [0.25, 0.3) is 0 Å². The summed E-state index contributed by atoms with van der Waals surface area (Å²) < 4.78 is 26.4. The quantitative estimate of drug-likeness (QED) is 0.450. The van der Waals surface area contributed by atoms with Gasteiger partial charge in [-0.2, -0.15) is 0 Å². The molecule has 0 saturated carbocycles. The molecule has 0 aromatic rings. The molecule has 0 rings (SSSR count). The van der Waals surface area contributed by atoms with Crippen LogP contribution >= 0.6 is 16.5 Å². The topological polar surface area (TPSA) is 134 Å². The Morgan fingerprint density at radius 3 is 1.60 bits per heavy atom. The average Bonchev–Trinajstić information content (AvgIpc) is 1.63. The van der Waals surface area contributed by atoms with Gasteiger partial charge in [-0.1, -0.05) is 0 Å². The Bertz CT molecular complexity index is 111. The standard InChI is InChI=1S/CH2O6P2.H3N/c2-8(3)6-1-7-9(4)5;/h1H2;1H3. The highest BCUT2D eigenvalue weighted by molar-refractivity contribution is 7.31. The van der Waals surface area contributed by atoms with Gasteiger partial charge in [-0.05, 0) is 9.13 Å². The predicted octanol–water partition coefficient (Wildman–Crippen LogP) is -0.826. The van der Waals surface area contributed by atoms with Gasteiger partial charge in [0.15, 0.2) is 0 Å². The van der Waals surface area contributed by atoms with E-state index in [4.69, 9.17) is 0 Å². The Morgan fingerprint density at radius 2 is 1.40 bits per heavy atom. The summed E-state index contributed by atoms with van der Waals surface area (Å²) in [6, 6.07) is 0. The van der Waals surface area contributed by atoms with E-state index >= 15 is 0 Å². The normalized spacial score (nSPS) is 11.8. The first-order valence-electron chi connectivity index (χ1n) is 1.67. The van der Waals surface area contributed by atoms with Crippen LogP contribution in [0.15, 0.2) is 0 Å². The summed E-state index contributed by atoms with van der Waals surface area (Å²) >= 11 is 0. The molecule has 0 radical (unpaired) electrons. The molecule has 2 atom stereocenters. The van der Waals surface area contributed by atoms with Crippen molar-refractivity contribution in [2.75, 3.05) is 6.79 Å². The van der Waals surface area contributed by atoms with Crippen molar-refractivity contribution >= 4 is 16.5 Å². The third-order valence-corrected chi connectivity index (χ3v) is 0.949. The second-order valence-electron chi connectivity index (χ2n) is 0.823. The average molecular weight is 189 g/mol. The van der Waals surface area contributed by atoms with Crippen molar-refractivity contribution in [3.8, 4) is 0 Å². The molecule has 0 fully saturated rings. The summed E-state index contributed by atoms with van der Waals surface area (Å²) in [4.78, 5) is 19.0. The predicted molar refractivity (Wildman–Crippen MR) is 27.3 cm³/mol. The lowest BCUT2D eigenvalue weighted by Crippen LogP contribution is -1.97. The van der Waals surface area contributed by atoms with Crippen molar-refractivity contribution in [2.45, 2.75) is 0 Å². The van der Waals surface area contributed by atoms with Crippen molar-refractivity contribution in [1.82, 2.24) is 6.15 Å². The lowest BCUT2D eigenvalue weighted by molar-refractivity contribution is -0.201. The van der Waals surface area contributed by atoms with Crippen molar-refractivity contribution in [1.29, 1.82) is 0 Å². The Kier molecular flexibility index (Phi) is 9.00. The maximum absolute atomic E-state index is 9.52. The number of hydrogen-bond donors (Lipinski definition) is 1. The molecule has 0 aliphatic carbocycles. The van der Waals surface area contributed by atoms with Crippen molar-refractivity contribution in [2.24, 2.45) is 0 Å². The fraction of sp³-hybridized carbons (Fsp3) is 1.00. The Morgan fingerprint density at radius 1 is 1.10 bits per heavy atom. The van der Waals surface area contributed by atoms with Crippen LogP contribution in [0.5, 0.6) is 0 Å². The van der Waals surface area contributed by atoms with Gasteiger partial charge in [0, 0.05) is 0 Å². The van der Waals surface area contributed by atoms with Crippen molar-refractivity contribution in [3.63, 3.8) is 0 Å². The second kappa shape index (κ2) is 7.11. The molecule has 0 aliphatic heterocycles. The third kappa shape index (κ3) is 10.9. The van der Waals surface area contributed by atoms with Gasteiger partial charge in [-0.15, -0.1) is 9.05 Å². The molecule has 7 nitrogen and oxygen atoms in total. The van der Waals surface area contributed by atoms with Gasteiger partial charge < -0.3 is 15.9 Å². The zero-order valence-corrected chi connectivity index (χ0v) is 6.55. The monoisotopic (exact) mass is 189 g/mol. The molecule has 9 heteroatoms. The Balaban J connectivity index is 0. The third-order valence-electron chi connectivity index (χ3n) is 0.316. The van der Waals surface area contributed by atoms with Crippen LogP contribution in [0.3, 0.4) is 0 Å². The van der Waals surface area contributed by atoms with E-state index in [1.807, 2.05) is 0 Å². The van der Waals surface area contributed by atoms with E-state index in [1.54, 1.807) is 0 Å². The van der Waals surface area contributed by atoms with E-state index in [2.05, 4.69) is 9.05 Å². The molecular weight excluding hydrogens is 184 g/mol. The zero-order valence-electron chi connectivity index (χ0n) is 4.76. The minimum Gasteiger partial charge on any atom is -0.566 e. The van der Waals surface area contributed by atoms with Crippen LogP contribution < -0.4 is 15.9 Å². The van der Waals surface area contributed by atoms with Gasteiger partial charge in [-0.3, -0.25) is 0 Å². The van der Waals surface area contributed by atoms with Gasteiger partial charge in [0.25, 0.3) is 6.79 Å². The van der Waals surface area contributed by atoms with Crippen LogP contribution in [0.2, 0.25) is 0 Å². The summed E-state index contributed by atoms with van der Waals surface area (Å²) in [5, 5.41) is 0. The fourth-order valence-electron chi connectivity index (χ4n) is 0.110. The molecule has 0 bridgehead atoms. The molecule has 0 amide bonds. The molecule has 0 aromatic heterocycles. The first-order chi connectivity index (χ1) is 4.13. The van der Waals surface area contributed by atoms with Gasteiger partial charge in [0.2, 0.25) is 0 Å². The Labute approximate surface area is 58.4 Å². The van der Waals surface area contributed by atoms with Crippen LogP contribution in [0, 0.1) is 0 Å². The summed E-state index contributed by atoms with van der Waals surface area (Å²) in [5.74, 6) is 0. The SMILES string of the molecule is N.O=[P+]([O-])OCO[P+](=O)[O-]. The molecule has 10 heavy (non-hydrogen) atoms. The minimum absolute atomic E-state index is 0. The van der Waals surface area contributed by atoms with Gasteiger partial charge in [0.05, 0.1) is 0 Å². The van der Waals surface area contributed by atoms with Crippen LogP contribution in [0.4, 0.5) is 0 Å². The fourth-order valence-corrected chi connectivity index (χ4v) is 0.470. The minimum atomic E-state index is -3.02. The summed E-state index contributed by atoms with van der Waals surface area (Å²) in [6.07, 6.45) is 0. The highest BCUT2D eigenvalue weighted by Crippen LogP contribution is 2.13. The number of hydrogen-bond acceptors (Lipinski definition) is 7. The maximum Gasteiger partial charge on any atom is 0.491 e. The van der Waals surface area contributed by atoms with E-state index in [1.165, 1.54) is 0 Å². The summed E-state index contributed by atoms with van der Waals surface area (Å²) in [7, 11) is -6.05. The van der Waals surface area contributed by atoms with Crippen molar-refractivity contribution in [3.05, 3.63) is 0 Å². The first-order valence-corrected chi connectivity index (χ1v) is 3.86. The molecule has 2 unspecified atom stereocenters. The number of rotatable bonds is 4. The maximum atomic E-state index is 9.52. The van der Waals surface area contributed by atoms with E-state index in [9.17, 15) is 18.9 Å². The smallest absolute Gasteiger partial charge is 0.491 e. The first kappa shape index (κ1) is 12.7. The molecule has 3 N–H and O–H groups in total. The largest absolute Gasteiger partial charge is 0.566 e. The molecule has 0 heterocycles. The molecule has 0 spiro atoms. The van der Waals surface area contributed by atoms with E-state index in [0.29, 0.717) is 0 Å². The molecule has 0 aliphatic rings. The lowest BCUT2D eigenvalue weighted by atomic mass is 11.6. The molecule has 0 saturated heterocycles. The Hall–Kier alpha value is -0.0000000000000000486. The van der Waals surface area contributed by atoms with Crippen LogP contribution in [-0.4, -0.2) is 6.79 Å². The lowest BCUT2D eigenvalue weighted by Gasteiger charge is -1.85. The van der Waals surface area contributed by atoms with Gasteiger partial charge in [-0.25, -0.2) is 0 Å². The summed E-state index contributed by atoms with van der Waals surface area (Å²) in [6.45, 7) is -0.780. The highest BCUT2D eigenvalue weighted by atomic mass is 31.1. The molecule has 60 valence electrons. The zero-order chi connectivity index (χ0) is 7.28. The van der Waals surface area contributed by atoms with E-state index < -0.39 is 23.3 Å². The van der Waals surface area contributed by atoms with Crippen LogP contribution in [-0.2, 0) is 18.2 Å². The molecular formula is CH5NO6P2. The van der Waals surface area contributed by atoms with E-state index in [-0.39, 0.29) is 6.15 Å². The molecule has 0 aromatic carbocycles.